The van der Waals surface area contributed by atoms with Gasteiger partial charge in [0.05, 0.1) is 25.5 Å². The minimum absolute atomic E-state index is 0.233. The van der Waals surface area contributed by atoms with Gasteiger partial charge in [-0.2, -0.15) is 0 Å². The molecular formula is C33H44N2O2. The molecule has 0 amide bonds. The van der Waals surface area contributed by atoms with Gasteiger partial charge < -0.3 is 14.8 Å². The van der Waals surface area contributed by atoms with E-state index in [1.54, 1.807) is 12.7 Å². The highest BCUT2D eigenvalue weighted by atomic mass is 16.5. The van der Waals surface area contributed by atoms with Gasteiger partial charge in [-0.3, -0.25) is 0 Å². The summed E-state index contributed by atoms with van der Waals surface area (Å²) in [4.78, 5) is 5.00. The summed E-state index contributed by atoms with van der Waals surface area (Å²) in [6.45, 7) is 7.36. The van der Waals surface area contributed by atoms with Crippen molar-refractivity contribution in [1.82, 2.24) is 5.32 Å². The number of nitrogens with zero attached hydrogens (tertiary/aromatic N) is 1. The molecule has 4 heteroatoms. The molecule has 37 heavy (non-hydrogen) atoms. The number of hydrogen-bond acceptors (Lipinski definition) is 4. The number of hydrogen-bond donors (Lipinski definition) is 1. The zero-order valence-corrected chi connectivity index (χ0v) is 23.1. The zero-order valence-electron chi connectivity index (χ0n) is 23.1. The van der Waals surface area contributed by atoms with Crippen molar-refractivity contribution < 1.29 is 9.47 Å². The number of rotatable bonds is 15. The molecule has 1 atom stereocenters. The molecule has 1 N–H and O–H groups in total. The van der Waals surface area contributed by atoms with Crippen LogP contribution in [0, 0.1) is 0 Å². The first-order chi connectivity index (χ1) is 18.2. The van der Waals surface area contributed by atoms with Crippen molar-refractivity contribution >= 4 is 5.71 Å². The Kier molecular flexibility index (Phi) is 12.1. The summed E-state index contributed by atoms with van der Waals surface area (Å²) in [5, 5.41) is 3.69. The monoisotopic (exact) mass is 500 g/mol. The van der Waals surface area contributed by atoms with Crippen molar-refractivity contribution in [3.05, 3.63) is 95.4 Å². The Bertz CT molecular complexity index is 1080. The molecule has 1 aliphatic heterocycles. The predicted octanol–water partition coefficient (Wildman–Crippen LogP) is 8.71. The zero-order chi connectivity index (χ0) is 26.3. The van der Waals surface area contributed by atoms with E-state index in [0.717, 1.165) is 80.0 Å². The number of aliphatic imine (C=N–C) groups is 1. The summed E-state index contributed by atoms with van der Waals surface area (Å²) in [5.41, 5.74) is 4.76. The van der Waals surface area contributed by atoms with Gasteiger partial charge in [-0.05, 0) is 80.9 Å². The number of benzene rings is 2. The highest BCUT2D eigenvalue weighted by molar-refractivity contribution is 6.09. The summed E-state index contributed by atoms with van der Waals surface area (Å²) >= 11 is 0. The molecular weight excluding hydrogens is 456 g/mol. The molecule has 3 rings (SSSR count). The molecule has 4 nitrogen and oxygen atoms in total. The lowest BCUT2D eigenvalue weighted by Crippen LogP contribution is -2.20. The standard InChI is InChI=1S/C33H44N2O2/c1-5-16-29(27-18-11-8-12-19-27)34-33-21-14-13-20-30(35-33)28-22-23-31(32(25-28)36-4)37-24-15-9-10-17-26(6-2)7-3/h8,11-13,17-23,25,29,34H,5-7,9-10,14-16,24H2,1-4H3. The summed E-state index contributed by atoms with van der Waals surface area (Å²) in [5.74, 6) is 2.43. The van der Waals surface area contributed by atoms with Crippen molar-refractivity contribution in [3.8, 4) is 11.5 Å². The van der Waals surface area contributed by atoms with Gasteiger partial charge in [-0.1, -0.05) is 75.2 Å². The Morgan fingerprint density at radius 1 is 1.03 bits per heavy atom. The SMILES string of the molecule is CCCC(NC1=CCC=CC(c2ccc(OCCCCC=C(CC)CC)c(OC)c2)=N1)c1ccccc1. The first-order valence-electron chi connectivity index (χ1n) is 13.9. The minimum atomic E-state index is 0.233. The molecule has 0 spiro atoms. The van der Waals surface area contributed by atoms with Gasteiger partial charge in [0.25, 0.3) is 0 Å². The smallest absolute Gasteiger partial charge is 0.161 e. The number of unbranched alkanes of at least 4 members (excludes halogenated alkanes) is 2. The lowest BCUT2D eigenvalue weighted by atomic mass is 10.0. The van der Waals surface area contributed by atoms with Gasteiger partial charge in [0.15, 0.2) is 11.5 Å². The molecule has 1 heterocycles. The van der Waals surface area contributed by atoms with Crippen LogP contribution in [0.3, 0.4) is 0 Å². The van der Waals surface area contributed by atoms with Crippen LogP contribution >= 0.6 is 0 Å². The van der Waals surface area contributed by atoms with Gasteiger partial charge in [0.1, 0.15) is 5.82 Å². The lowest BCUT2D eigenvalue weighted by Gasteiger charge is -2.20. The van der Waals surface area contributed by atoms with Crippen molar-refractivity contribution in [3.63, 3.8) is 0 Å². The number of methoxy groups -OCH3 is 1. The Balaban J connectivity index is 1.66. The van der Waals surface area contributed by atoms with Crippen molar-refractivity contribution in [1.29, 1.82) is 0 Å². The fourth-order valence-corrected chi connectivity index (χ4v) is 4.52. The third kappa shape index (κ3) is 8.96. The Hall–Kier alpha value is -3.27. The third-order valence-corrected chi connectivity index (χ3v) is 6.72. The van der Waals surface area contributed by atoms with Crippen LogP contribution in [0.25, 0.3) is 0 Å². The van der Waals surface area contributed by atoms with E-state index in [0.29, 0.717) is 6.61 Å². The molecule has 0 aliphatic carbocycles. The molecule has 0 bridgehead atoms. The molecule has 0 saturated heterocycles. The minimum Gasteiger partial charge on any atom is -0.493 e. The Morgan fingerprint density at radius 2 is 1.84 bits per heavy atom. The molecule has 2 aromatic carbocycles. The maximum atomic E-state index is 6.08. The van der Waals surface area contributed by atoms with Crippen LogP contribution in [0.1, 0.15) is 89.3 Å². The molecule has 1 unspecified atom stereocenters. The van der Waals surface area contributed by atoms with Gasteiger partial charge >= 0.3 is 0 Å². The van der Waals surface area contributed by atoms with Crippen molar-refractivity contribution in [2.24, 2.45) is 4.99 Å². The fraction of sp³-hybridized carbons (Fsp3) is 0.424. The van der Waals surface area contributed by atoms with E-state index in [1.807, 2.05) is 12.1 Å². The van der Waals surface area contributed by atoms with Gasteiger partial charge in [-0.25, -0.2) is 4.99 Å². The molecule has 2 aromatic rings. The second-order valence-electron chi connectivity index (χ2n) is 9.40. The quantitative estimate of drug-likeness (QED) is 0.196. The second kappa shape index (κ2) is 15.8. The number of allylic oxidation sites excluding steroid dienone is 5. The normalized spacial score (nSPS) is 13.7. The topological polar surface area (TPSA) is 42.8 Å². The fourth-order valence-electron chi connectivity index (χ4n) is 4.52. The Morgan fingerprint density at radius 3 is 2.57 bits per heavy atom. The lowest BCUT2D eigenvalue weighted by molar-refractivity contribution is 0.286. The van der Waals surface area contributed by atoms with Crippen LogP contribution in [-0.2, 0) is 0 Å². The molecule has 0 saturated carbocycles. The second-order valence-corrected chi connectivity index (χ2v) is 9.40. The van der Waals surface area contributed by atoms with E-state index < -0.39 is 0 Å². The van der Waals surface area contributed by atoms with E-state index in [2.05, 4.69) is 86.8 Å². The van der Waals surface area contributed by atoms with E-state index in [-0.39, 0.29) is 6.04 Å². The molecule has 0 fully saturated rings. The molecule has 0 radical (unpaired) electrons. The maximum absolute atomic E-state index is 6.08. The number of ether oxygens (including phenoxy) is 2. The average molecular weight is 501 g/mol. The van der Waals surface area contributed by atoms with Crippen molar-refractivity contribution in [2.45, 2.75) is 78.2 Å². The first-order valence-corrected chi connectivity index (χ1v) is 13.9. The van der Waals surface area contributed by atoms with Gasteiger partial charge in [-0.15, -0.1) is 0 Å². The van der Waals surface area contributed by atoms with Gasteiger partial charge in [0.2, 0.25) is 0 Å². The molecule has 0 aromatic heterocycles. The summed E-state index contributed by atoms with van der Waals surface area (Å²) in [6.07, 6.45) is 17.4. The van der Waals surface area contributed by atoms with Crippen LogP contribution in [0.5, 0.6) is 11.5 Å². The van der Waals surface area contributed by atoms with E-state index in [9.17, 15) is 0 Å². The summed E-state index contributed by atoms with van der Waals surface area (Å²) < 4.78 is 11.8. The molecule has 198 valence electrons. The van der Waals surface area contributed by atoms with Crippen molar-refractivity contribution in [2.75, 3.05) is 13.7 Å². The largest absolute Gasteiger partial charge is 0.493 e. The maximum Gasteiger partial charge on any atom is 0.161 e. The molecule has 1 aliphatic rings. The first kappa shape index (κ1) is 28.3. The van der Waals surface area contributed by atoms with E-state index in [4.69, 9.17) is 14.5 Å². The van der Waals surface area contributed by atoms with Crippen LogP contribution in [-0.4, -0.2) is 19.4 Å². The highest BCUT2D eigenvalue weighted by Crippen LogP contribution is 2.29. The van der Waals surface area contributed by atoms with Gasteiger partial charge in [0, 0.05) is 5.56 Å². The highest BCUT2D eigenvalue weighted by Gasteiger charge is 2.14. The van der Waals surface area contributed by atoms with Crippen LogP contribution in [0.2, 0.25) is 0 Å². The summed E-state index contributed by atoms with van der Waals surface area (Å²) in [7, 11) is 1.70. The van der Waals surface area contributed by atoms with E-state index in [1.165, 1.54) is 5.56 Å². The number of nitrogens with one attached hydrogen (secondary N) is 1. The van der Waals surface area contributed by atoms with Crippen LogP contribution in [0.15, 0.2) is 89.2 Å². The van der Waals surface area contributed by atoms with E-state index >= 15 is 0 Å². The Labute approximate surface area is 224 Å². The summed E-state index contributed by atoms with van der Waals surface area (Å²) in [6, 6.07) is 17.0. The van der Waals surface area contributed by atoms with Crippen LogP contribution < -0.4 is 14.8 Å². The average Bonchev–Trinajstić information content (AvgIpc) is 3.18. The van der Waals surface area contributed by atoms with Crippen LogP contribution in [0.4, 0.5) is 0 Å². The third-order valence-electron chi connectivity index (χ3n) is 6.72. The predicted molar refractivity (Wildman–Crippen MR) is 157 cm³/mol.